The monoisotopic (exact) mass is 878 g/mol. The van der Waals surface area contributed by atoms with E-state index >= 15 is 0 Å². The van der Waals surface area contributed by atoms with E-state index in [-0.39, 0.29) is 0 Å². The number of hydrogen-bond acceptors (Lipinski definition) is 3. The largest absolute Gasteiger partial charge is 0.309 e. The summed E-state index contributed by atoms with van der Waals surface area (Å²) >= 11 is 0. The highest BCUT2D eigenvalue weighted by Gasteiger charge is 2.22. The summed E-state index contributed by atoms with van der Waals surface area (Å²) in [5.41, 5.74) is 15.5. The molecule has 0 unspecified atom stereocenters. The molecule has 0 bridgehead atoms. The molecule has 6 heteroatoms. The van der Waals surface area contributed by atoms with Crippen LogP contribution in [0, 0.1) is 0 Å². The van der Waals surface area contributed by atoms with Crippen LogP contribution in [0.3, 0.4) is 0 Å². The highest BCUT2D eigenvalue weighted by atomic mass is 15.0. The summed E-state index contributed by atoms with van der Waals surface area (Å²) in [7, 11) is 0. The van der Waals surface area contributed by atoms with E-state index < -0.39 is 0 Å². The number of rotatable bonds is 5. The average Bonchev–Trinajstić information content (AvgIpc) is 4.06. The second-order valence-corrected chi connectivity index (χ2v) is 18.0. The third kappa shape index (κ3) is 5.57. The van der Waals surface area contributed by atoms with Gasteiger partial charge < -0.3 is 13.4 Å². The first-order valence-electron chi connectivity index (χ1n) is 23.4. The van der Waals surface area contributed by atoms with E-state index in [1.165, 1.54) is 65.2 Å². The molecule has 0 aliphatic carbocycles. The van der Waals surface area contributed by atoms with E-state index in [4.69, 9.17) is 15.0 Å². The Labute approximate surface area is 395 Å². The molecule has 0 saturated carbocycles. The lowest BCUT2D eigenvalue weighted by atomic mass is 10.0. The third-order valence-corrected chi connectivity index (χ3v) is 14.2. The quantitative estimate of drug-likeness (QED) is 0.173. The van der Waals surface area contributed by atoms with Gasteiger partial charge in [-0.05, 0) is 59.7 Å². The van der Waals surface area contributed by atoms with Gasteiger partial charge >= 0.3 is 0 Å². The predicted molar refractivity (Wildman–Crippen MR) is 285 cm³/mol. The molecule has 5 heterocycles. The molecule has 5 aromatic heterocycles. The normalized spacial score (nSPS) is 12.1. The van der Waals surface area contributed by atoms with E-state index in [0.717, 1.165) is 55.6 Å². The minimum Gasteiger partial charge on any atom is -0.309 e. The van der Waals surface area contributed by atoms with Crippen LogP contribution in [0.5, 0.6) is 0 Å². The molecule has 0 fully saturated rings. The van der Waals surface area contributed by atoms with Gasteiger partial charge in [-0.15, -0.1) is 0 Å². The number of hydrogen-bond donors (Lipinski definition) is 0. The Kier molecular flexibility index (Phi) is 7.97. The summed E-state index contributed by atoms with van der Waals surface area (Å²) in [6.07, 6.45) is 0. The van der Waals surface area contributed by atoms with E-state index in [2.05, 4.69) is 183 Å². The maximum Gasteiger partial charge on any atom is 0.164 e. The molecular weight excluding hydrogens is 841 g/mol. The van der Waals surface area contributed by atoms with E-state index in [1.54, 1.807) is 0 Å². The van der Waals surface area contributed by atoms with Crippen LogP contribution in [-0.2, 0) is 0 Å². The molecule has 0 aliphatic heterocycles. The summed E-state index contributed by atoms with van der Waals surface area (Å²) < 4.78 is 7.50. The fourth-order valence-corrected chi connectivity index (χ4v) is 11.2. The zero-order chi connectivity index (χ0) is 45.2. The lowest BCUT2D eigenvalue weighted by Crippen LogP contribution is -2.00. The molecule has 15 aromatic rings. The summed E-state index contributed by atoms with van der Waals surface area (Å²) in [6, 6.07) is 82.9. The zero-order valence-corrected chi connectivity index (χ0v) is 37.1. The molecule has 15 rings (SSSR count). The van der Waals surface area contributed by atoms with Crippen molar-refractivity contribution >= 4 is 87.2 Å². The number of fused-ring (bicyclic) bond motifs is 13. The number of benzene rings is 10. The summed E-state index contributed by atoms with van der Waals surface area (Å²) in [6.45, 7) is 0. The smallest absolute Gasteiger partial charge is 0.164 e. The molecule has 0 spiro atoms. The van der Waals surface area contributed by atoms with Gasteiger partial charge in [0.25, 0.3) is 0 Å². The Bertz CT molecular complexity index is 4520. The minimum absolute atomic E-state index is 0.633. The molecule has 0 radical (unpaired) electrons. The summed E-state index contributed by atoms with van der Waals surface area (Å²) in [5, 5.41) is 9.87. The maximum atomic E-state index is 5.02. The van der Waals surface area contributed by atoms with Gasteiger partial charge in [-0.3, -0.25) is 0 Å². The Morgan fingerprint density at radius 2 is 0.638 bits per heavy atom. The zero-order valence-electron chi connectivity index (χ0n) is 37.1. The van der Waals surface area contributed by atoms with Crippen LogP contribution in [0.4, 0.5) is 0 Å². The van der Waals surface area contributed by atoms with E-state index in [0.29, 0.717) is 17.5 Å². The van der Waals surface area contributed by atoms with Gasteiger partial charge in [0.05, 0.1) is 44.1 Å². The second-order valence-electron chi connectivity index (χ2n) is 18.0. The van der Waals surface area contributed by atoms with Gasteiger partial charge in [0, 0.05) is 65.5 Å². The Hall–Kier alpha value is -9.39. The van der Waals surface area contributed by atoms with E-state index in [9.17, 15) is 0 Å². The van der Waals surface area contributed by atoms with Crippen molar-refractivity contribution < 1.29 is 0 Å². The molecule has 0 atom stereocenters. The predicted octanol–water partition coefficient (Wildman–Crippen LogP) is 15.9. The number of aromatic nitrogens is 6. The van der Waals surface area contributed by atoms with Crippen LogP contribution in [0.1, 0.15) is 0 Å². The van der Waals surface area contributed by atoms with Gasteiger partial charge in [-0.2, -0.15) is 0 Å². The molecule has 6 nitrogen and oxygen atoms in total. The topological polar surface area (TPSA) is 52.4 Å². The van der Waals surface area contributed by atoms with Gasteiger partial charge in [0.2, 0.25) is 0 Å². The first-order valence-corrected chi connectivity index (χ1v) is 23.4. The second kappa shape index (κ2) is 14.6. The van der Waals surface area contributed by atoms with Crippen molar-refractivity contribution in [2.75, 3.05) is 0 Å². The maximum absolute atomic E-state index is 5.02. The molecule has 320 valence electrons. The first kappa shape index (κ1) is 37.8. The Morgan fingerprint density at radius 3 is 1.20 bits per heavy atom. The Morgan fingerprint density at radius 1 is 0.232 bits per heavy atom. The molecule has 0 N–H and O–H groups in total. The van der Waals surface area contributed by atoms with Crippen molar-refractivity contribution in [3.8, 4) is 51.0 Å². The molecule has 0 saturated heterocycles. The van der Waals surface area contributed by atoms with Gasteiger partial charge in [-0.1, -0.05) is 182 Å². The van der Waals surface area contributed by atoms with Crippen molar-refractivity contribution in [1.29, 1.82) is 0 Å². The third-order valence-electron chi connectivity index (χ3n) is 14.2. The van der Waals surface area contributed by atoms with Gasteiger partial charge in [-0.25, -0.2) is 15.0 Å². The number of para-hydroxylation sites is 5. The van der Waals surface area contributed by atoms with Crippen LogP contribution in [-0.4, -0.2) is 28.3 Å². The van der Waals surface area contributed by atoms with Crippen molar-refractivity contribution in [3.05, 3.63) is 231 Å². The highest BCUT2D eigenvalue weighted by Crippen LogP contribution is 2.43. The van der Waals surface area contributed by atoms with Crippen LogP contribution in [0.2, 0.25) is 0 Å². The fraction of sp³-hybridized carbons (Fsp3) is 0. The SMILES string of the molecule is c1ccc(-c2nc(-c3ccccc3)nc(-c3cccc(-c4ccc(-n5c6ccccc6c6cc7c(cc65)n5c6ccccc6c6cccc(c8cccc9c%10ccccc%10n7c98)c65)cc4)c3)n2)cc1. The van der Waals surface area contributed by atoms with Crippen molar-refractivity contribution in [1.82, 2.24) is 28.3 Å². The van der Waals surface area contributed by atoms with Crippen LogP contribution in [0.25, 0.3) is 138 Å². The van der Waals surface area contributed by atoms with Gasteiger partial charge in [0.15, 0.2) is 17.5 Å². The van der Waals surface area contributed by atoms with Crippen LogP contribution >= 0.6 is 0 Å². The van der Waals surface area contributed by atoms with Crippen molar-refractivity contribution in [2.45, 2.75) is 0 Å². The van der Waals surface area contributed by atoms with Crippen LogP contribution in [0.15, 0.2) is 231 Å². The lowest BCUT2D eigenvalue weighted by Gasteiger charge is -2.13. The first-order chi connectivity index (χ1) is 34.2. The summed E-state index contributed by atoms with van der Waals surface area (Å²) in [4.78, 5) is 15.0. The van der Waals surface area contributed by atoms with Crippen LogP contribution < -0.4 is 0 Å². The molecule has 69 heavy (non-hydrogen) atoms. The molecular formula is C63H38N6. The average molecular weight is 879 g/mol. The van der Waals surface area contributed by atoms with Gasteiger partial charge in [0.1, 0.15) is 0 Å². The van der Waals surface area contributed by atoms with Crippen molar-refractivity contribution in [2.24, 2.45) is 0 Å². The van der Waals surface area contributed by atoms with E-state index in [1.807, 2.05) is 60.7 Å². The minimum atomic E-state index is 0.633. The molecule has 0 amide bonds. The number of nitrogens with zero attached hydrogens (tertiary/aromatic N) is 6. The Balaban J connectivity index is 0.955. The fourth-order valence-electron chi connectivity index (χ4n) is 11.2. The molecule has 10 aromatic carbocycles. The lowest BCUT2D eigenvalue weighted by molar-refractivity contribution is 1.07. The summed E-state index contributed by atoms with van der Waals surface area (Å²) in [5.74, 6) is 1.92. The standard InChI is InChI=1S/C63H38N6/c1-3-16-40(17-4-1)61-64-62(41-18-5-2-6-19-41)66-63(65-61)43-21-13-20-42(36-43)39-32-34-44(35-33-39)67-53-29-10-9-24-47(53)52-37-57-58(38-56(52)67)69-55-31-12-8-23-46(55)49-26-15-28-51(60(49)69)50-27-14-25-48-45-22-7-11-30-54(45)68(57)59(48)50/h1-38H. The highest BCUT2D eigenvalue weighted by molar-refractivity contribution is 6.26. The van der Waals surface area contributed by atoms with Crippen molar-refractivity contribution in [3.63, 3.8) is 0 Å². The molecule has 0 aliphatic rings.